The van der Waals surface area contributed by atoms with Gasteiger partial charge in [-0.1, -0.05) is 6.07 Å². The molecule has 5 heteroatoms. The van der Waals surface area contributed by atoms with Crippen molar-refractivity contribution in [3.05, 3.63) is 45.4 Å². The molecular formula is C14H18N4S. The molecule has 0 amide bonds. The number of nitrogens with two attached hydrogens (primary N) is 1. The van der Waals surface area contributed by atoms with Crippen LogP contribution in [-0.4, -0.2) is 17.9 Å². The molecule has 0 aliphatic heterocycles. The van der Waals surface area contributed by atoms with E-state index in [1.807, 2.05) is 33.0 Å². The molecule has 0 unspecified atom stereocenters. The SMILES string of the molecule is Cc1cc(N(C)Cc2cccs2)c(C(=N)N)c(C)n1. The summed E-state index contributed by atoms with van der Waals surface area (Å²) in [5.74, 6) is 0.0676. The molecule has 4 nitrogen and oxygen atoms in total. The van der Waals surface area contributed by atoms with Gasteiger partial charge in [0.05, 0.1) is 23.5 Å². The van der Waals surface area contributed by atoms with Crippen LogP contribution in [0.25, 0.3) is 0 Å². The number of hydrogen-bond acceptors (Lipinski definition) is 4. The smallest absolute Gasteiger partial charge is 0.126 e. The molecule has 0 aliphatic rings. The lowest BCUT2D eigenvalue weighted by atomic mass is 10.1. The summed E-state index contributed by atoms with van der Waals surface area (Å²) in [4.78, 5) is 7.79. The second-order valence-electron chi connectivity index (χ2n) is 4.59. The second-order valence-corrected chi connectivity index (χ2v) is 5.62. The van der Waals surface area contributed by atoms with Gasteiger partial charge in [0.1, 0.15) is 5.84 Å². The monoisotopic (exact) mass is 274 g/mol. The van der Waals surface area contributed by atoms with Gasteiger partial charge in [0, 0.05) is 17.6 Å². The number of aryl methyl sites for hydroxylation is 2. The molecule has 3 N–H and O–H groups in total. The predicted molar refractivity (Wildman–Crippen MR) is 81.2 cm³/mol. The first-order valence-electron chi connectivity index (χ1n) is 6.05. The molecule has 2 rings (SSSR count). The maximum atomic E-state index is 7.74. The first kappa shape index (κ1) is 13.5. The molecule has 0 bridgehead atoms. The van der Waals surface area contributed by atoms with Gasteiger partial charge in [-0.3, -0.25) is 10.4 Å². The summed E-state index contributed by atoms with van der Waals surface area (Å²) < 4.78 is 0. The zero-order valence-electron chi connectivity index (χ0n) is 11.4. The fourth-order valence-corrected chi connectivity index (χ4v) is 2.92. The molecule has 0 fully saturated rings. The van der Waals surface area contributed by atoms with Crippen LogP contribution in [0.5, 0.6) is 0 Å². The normalized spacial score (nSPS) is 10.5. The van der Waals surface area contributed by atoms with Gasteiger partial charge in [-0.2, -0.15) is 0 Å². The molecule has 0 spiro atoms. The minimum atomic E-state index is 0.0676. The van der Waals surface area contributed by atoms with Crippen molar-refractivity contribution in [1.29, 1.82) is 5.41 Å². The van der Waals surface area contributed by atoms with Crippen LogP contribution in [0.3, 0.4) is 0 Å². The Morgan fingerprint density at radius 2 is 2.21 bits per heavy atom. The fraction of sp³-hybridized carbons (Fsp3) is 0.286. The first-order valence-corrected chi connectivity index (χ1v) is 6.93. The highest BCUT2D eigenvalue weighted by molar-refractivity contribution is 7.09. The Labute approximate surface area is 117 Å². The van der Waals surface area contributed by atoms with Crippen LogP contribution in [0.4, 0.5) is 5.69 Å². The number of nitrogen functional groups attached to an aromatic ring is 1. The topological polar surface area (TPSA) is 66.0 Å². The summed E-state index contributed by atoms with van der Waals surface area (Å²) >= 11 is 1.73. The Kier molecular flexibility index (Phi) is 3.85. The van der Waals surface area contributed by atoms with Gasteiger partial charge in [0.15, 0.2) is 0 Å². The van der Waals surface area contributed by atoms with Gasteiger partial charge in [-0.05, 0) is 31.4 Å². The van der Waals surface area contributed by atoms with E-state index in [1.54, 1.807) is 11.3 Å². The molecule has 0 radical (unpaired) electrons. The van der Waals surface area contributed by atoms with Crippen LogP contribution in [0.2, 0.25) is 0 Å². The van der Waals surface area contributed by atoms with Gasteiger partial charge < -0.3 is 10.6 Å². The van der Waals surface area contributed by atoms with Crippen molar-refractivity contribution in [3.8, 4) is 0 Å². The van der Waals surface area contributed by atoms with E-state index in [0.717, 1.165) is 29.2 Å². The van der Waals surface area contributed by atoms with Crippen LogP contribution in [-0.2, 0) is 6.54 Å². The molecule has 2 aromatic heterocycles. The van der Waals surface area contributed by atoms with Crippen molar-refractivity contribution in [3.63, 3.8) is 0 Å². The van der Waals surface area contributed by atoms with Crippen molar-refractivity contribution < 1.29 is 0 Å². The van der Waals surface area contributed by atoms with Crippen molar-refractivity contribution in [2.45, 2.75) is 20.4 Å². The number of thiophene rings is 1. The Balaban J connectivity index is 2.40. The van der Waals surface area contributed by atoms with Crippen LogP contribution >= 0.6 is 11.3 Å². The van der Waals surface area contributed by atoms with E-state index in [9.17, 15) is 0 Å². The van der Waals surface area contributed by atoms with Crippen LogP contribution in [0.1, 0.15) is 21.8 Å². The summed E-state index contributed by atoms with van der Waals surface area (Å²) in [6, 6.07) is 6.13. The molecule has 0 aromatic carbocycles. The maximum absolute atomic E-state index is 7.74. The number of nitrogens with one attached hydrogen (secondary N) is 1. The van der Waals surface area contributed by atoms with Crippen molar-refractivity contribution in [1.82, 2.24) is 4.98 Å². The number of rotatable bonds is 4. The Morgan fingerprint density at radius 3 is 2.79 bits per heavy atom. The summed E-state index contributed by atoms with van der Waals surface area (Å²) in [7, 11) is 2.01. The second kappa shape index (κ2) is 5.40. The highest BCUT2D eigenvalue weighted by Gasteiger charge is 2.15. The average molecular weight is 274 g/mol. The molecule has 0 atom stereocenters. The Bertz CT molecular complexity index is 590. The van der Waals surface area contributed by atoms with E-state index in [2.05, 4.69) is 21.3 Å². The van der Waals surface area contributed by atoms with E-state index in [0.29, 0.717) is 0 Å². The van der Waals surface area contributed by atoms with Crippen molar-refractivity contribution in [2.75, 3.05) is 11.9 Å². The summed E-state index contributed by atoms with van der Waals surface area (Å²) in [5.41, 5.74) is 9.13. The lowest BCUT2D eigenvalue weighted by Gasteiger charge is -2.23. The molecular weight excluding hydrogens is 256 g/mol. The van der Waals surface area contributed by atoms with Gasteiger partial charge in [0.25, 0.3) is 0 Å². The van der Waals surface area contributed by atoms with E-state index in [1.165, 1.54) is 4.88 Å². The zero-order chi connectivity index (χ0) is 14.0. The standard InChI is InChI=1S/C14H18N4S/c1-9-7-12(13(14(15)16)10(2)17-9)18(3)8-11-5-4-6-19-11/h4-7H,8H2,1-3H3,(H3,15,16). The molecule has 0 aliphatic carbocycles. The van der Waals surface area contributed by atoms with Gasteiger partial charge >= 0.3 is 0 Å². The first-order chi connectivity index (χ1) is 8.99. The van der Waals surface area contributed by atoms with Gasteiger partial charge in [0.2, 0.25) is 0 Å². The van der Waals surface area contributed by atoms with E-state index >= 15 is 0 Å². The predicted octanol–water partition coefficient (Wildman–Crippen LogP) is 2.68. The average Bonchev–Trinajstić information content (AvgIpc) is 2.79. The highest BCUT2D eigenvalue weighted by atomic mass is 32.1. The Hall–Kier alpha value is -1.88. The third kappa shape index (κ3) is 2.93. The summed E-state index contributed by atoms with van der Waals surface area (Å²) in [6.07, 6.45) is 0. The maximum Gasteiger partial charge on any atom is 0.126 e. The Morgan fingerprint density at radius 1 is 1.47 bits per heavy atom. The number of hydrogen-bond donors (Lipinski definition) is 2. The third-order valence-corrected chi connectivity index (χ3v) is 3.82. The molecule has 19 heavy (non-hydrogen) atoms. The molecule has 0 saturated carbocycles. The quantitative estimate of drug-likeness (QED) is 0.665. The van der Waals surface area contributed by atoms with E-state index < -0.39 is 0 Å². The summed E-state index contributed by atoms with van der Waals surface area (Å²) in [5, 5.41) is 9.81. The van der Waals surface area contributed by atoms with Crippen LogP contribution in [0.15, 0.2) is 23.6 Å². The molecule has 100 valence electrons. The van der Waals surface area contributed by atoms with E-state index in [-0.39, 0.29) is 5.84 Å². The minimum Gasteiger partial charge on any atom is -0.384 e. The fourth-order valence-electron chi connectivity index (χ4n) is 2.16. The lowest BCUT2D eigenvalue weighted by molar-refractivity contribution is 0.926. The molecule has 2 aromatic rings. The summed E-state index contributed by atoms with van der Waals surface area (Å²) in [6.45, 7) is 4.66. The minimum absolute atomic E-state index is 0.0676. The van der Waals surface area contributed by atoms with Crippen molar-refractivity contribution >= 4 is 22.9 Å². The lowest BCUT2D eigenvalue weighted by Crippen LogP contribution is -2.23. The number of anilines is 1. The highest BCUT2D eigenvalue weighted by Crippen LogP contribution is 2.25. The molecule has 0 saturated heterocycles. The zero-order valence-corrected chi connectivity index (χ0v) is 12.2. The van der Waals surface area contributed by atoms with Crippen molar-refractivity contribution in [2.24, 2.45) is 5.73 Å². The number of pyridine rings is 1. The van der Waals surface area contributed by atoms with Gasteiger partial charge in [-0.25, -0.2) is 0 Å². The third-order valence-electron chi connectivity index (χ3n) is 2.96. The largest absolute Gasteiger partial charge is 0.384 e. The number of aromatic nitrogens is 1. The van der Waals surface area contributed by atoms with Gasteiger partial charge in [-0.15, -0.1) is 11.3 Å². The van der Waals surface area contributed by atoms with E-state index in [4.69, 9.17) is 11.1 Å². The number of amidine groups is 1. The number of nitrogens with zero attached hydrogens (tertiary/aromatic N) is 2. The van der Waals surface area contributed by atoms with Crippen LogP contribution < -0.4 is 10.6 Å². The van der Waals surface area contributed by atoms with Crippen LogP contribution in [0, 0.1) is 19.3 Å². The molecule has 2 heterocycles.